The predicted octanol–water partition coefficient (Wildman–Crippen LogP) is 1.22. The van der Waals surface area contributed by atoms with Gasteiger partial charge in [0.05, 0.1) is 6.54 Å². The van der Waals surface area contributed by atoms with Crippen molar-refractivity contribution in [3.63, 3.8) is 0 Å². The second-order valence-electron chi connectivity index (χ2n) is 4.82. The number of guanidine groups is 1. The minimum Gasteiger partial charge on any atom is -0.454 e. The van der Waals surface area contributed by atoms with E-state index in [2.05, 4.69) is 20.9 Å². The second-order valence-corrected chi connectivity index (χ2v) is 4.82. The molecular weight excluding hydrogens is 411 g/mol. The summed E-state index contributed by atoms with van der Waals surface area (Å²) in [7, 11) is 1.67. The van der Waals surface area contributed by atoms with Crippen molar-refractivity contribution >= 4 is 35.8 Å². The number of carbonyl (C=O) groups excluding carboxylic acids is 1. The lowest BCUT2D eigenvalue weighted by atomic mass is 10.2. The summed E-state index contributed by atoms with van der Waals surface area (Å²) in [6.07, 6.45) is 0.919. The molecule has 0 bridgehead atoms. The number of rotatable bonds is 6. The first-order valence-electron chi connectivity index (χ1n) is 7.32. The maximum atomic E-state index is 11.5. The Labute approximate surface area is 153 Å². The summed E-state index contributed by atoms with van der Waals surface area (Å²) in [6, 6.07) is 5.77. The Hall–Kier alpha value is -1.71. The first-order chi connectivity index (χ1) is 10.7. The van der Waals surface area contributed by atoms with Crippen molar-refractivity contribution < 1.29 is 14.3 Å². The van der Waals surface area contributed by atoms with Gasteiger partial charge in [0.2, 0.25) is 12.7 Å². The van der Waals surface area contributed by atoms with Gasteiger partial charge in [0.25, 0.3) is 0 Å². The second kappa shape index (κ2) is 10.1. The SMILES string of the molecule is CCCNC(=O)CNC(=NC)NCc1ccc2c(c1)OCO2.I. The van der Waals surface area contributed by atoms with Gasteiger partial charge in [-0.15, -0.1) is 24.0 Å². The van der Waals surface area contributed by atoms with Crippen LogP contribution in [-0.2, 0) is 11.3 Å². The number of amides is 1. The Morgan fingerprint density at radius 2 is 2.00 bits per heavy atom. The third kappa shape index (κ3) is 6.12. The predicted molar refractivity (Wildman–Crippen MR) is 99.5 cm³/mol. The number of ether oxygens (including phenoxy) is 2. The van der Waals surface area contributed by atoms with Crippen LogP contribution in [0.4, 0.5) is 0 Å². The van der Waals surface area contributed by atoms with Crippen LogP contribution in [-0.4, -0.2) is 38.8 Å². The quantitative estimate of drug-likeness (QED) is 0.357. The molecule has 1 aromatic rings. The molecule has 0 aliphatic carbocycles. The van der Waals surface area contributed by atoms with Gasteiger partial charge in [0.1, 0.15) is 0 Å². The molecule has 1 heterocycles. The van der Waals surface area contributed by atoms with E-state index in [1.165, 1.54) is 0 Å². The topological polar surface area (TPSA) is 84.0 Å². The number of nitrogens with zero attached hydrogens (tertiary/aromatic N) is 1. The molecule has 0 atom stereocenters. The summed E-state index contributed by atoms with van der Waals surface area (Å²) in [5.74, 6) is 2.04. The van der Waals surface area contributed by atoms with E-state index in [1.807, 2.05) is 25.1 Å². The minimum atomic E-state index is -0.0483. The molecular formula is C15H23IN4O3. The molecule has 23 heavy (non-hydrogen) atoms. The van der Waals surface area contributed by atoms with Crippen molar-refractivity contribution in [3.05, 3.63) is 23.8 Å². The van der Waals surface area contributed by atoms with Gasteiger partial charge < -0.3 is 25.4 Å². The van der Waals surface area contributed by atoms with Crippen LogP contribution in [0.2, 0.25) is 0 Å². The molecule has 8 heteroatoms. The first kappa shape index (κ1) is 19.3. The Bertz CT molecular complexity index is 552. The van der Waals surface area contributed by atoms with Crippen LogP contribution in [0.1, 0.15) is 18.9 Å². The molecule has 1 aliphatic rings. The smallest absolute Gasteiger partial charge is 0.239 e. The van der Waals surface area contributed by atoms with Crippen molar-refractivity contribution in [2.24, 2.45) is 4.99 Å². The maximum Gasteiger partial charge on any atom is 0.239 e. The molecule has 1 aliphatic heterocycles. The van der Waals surface area contributed by atoms with E-state index < -0.39 is 0 Å². The van der Waals surface area contributed by atoms with Crippen LogP contribution in [0.3, 0.4) is 0 Å². The zero-order chi connectivity index (χ0) is 15.8. The molecule has 0 aromatic heterocycles. The summed E-state index contributed by atoms with van der Waals surface area (Å²) >= 11 is 0. The number of hydrogen-bond donors (Lipinski definition) is 3. The largest absolute Gasteiger partial charge is 0.454 e. The molecule has 1 aromatic carbocycles. The molecule has 0 saturated heterocycles. The zero-order valence-electron chi connectivity index (χ0n) is 13.3. The van der Waals surface area contributed by atoms with E-state index in [-0.39, 0.29) is 43.2 Å². The highest BCUT2D eigenvalue weighted by Gasteiger charge is 2.13. The maximum absolute atomic E-state index is 11.5. The standard InChI is InChI=1S/C15H22N4O3.HI/c1-3-6-17-14(20)9-19-15(16-2)18-8-11-4-5-12-13(7-11)22-10-21-12;/h4-5,7H,3,6,8-10H2,1-2H3,(H,17,20)(H2,16,18,19);1H. The van der Waals surface area contributed by atoms with Crippen LogP contribution >= 0.6 is 24.0 Å². The molecule has 2 rings (SSSR count). The van der Waals surface area contributed by atoms with Gasteiger partial charge in [-0.25, -0.2) is 0 Å². The number of nitrogens with one attached hydrogen (secondary N) is 3. The molecule has 0 unspecified atom stereocenters. The summed E-state index contributed by atoms with van der Waals surface area (Å²) in [5, 5.41) is 8.92. The van der Waals surface area contributed by atoms with Gasteiger partial charge >= 0.3 is 0 Å². The molecule has 7 nitrogen and oxygen atoms in total. The molecule has 0 spiro atoms. The zero-order valence-corrected chi connectivity index (χ0v) is 15.7. The summed E-state index contributed by atoms with van der Waals surface area (Å²) < 4.78 is 10.6. The van der Waals surface area contributed by atoms with E-state index in [9.17, 15) is 4.79 Å². The number of hydrogen-bond acceptors (Lipinski definition) is 4. The normalized spacial score (nSPS) is 12.3. The Morgan fingerprint density at radius 3 is 2.74 bits per heavy atom. The monoisotopic (exact) mass is 434 g/mol. The van der Waals surface area contributed by atoms with Crippen LogP contribution in [0.25, 0.3) is 0 Å². The van der Waals surface area contributed by atoms with Crippen molar-refractivity contribution in [1.29, 1.82) is 0 Å². The fourth-order valence-corrected chi connectivity index (χ4v) is 1.95. The van der Waals surface area contributed by atoms with Gasteiger partial charge in [-0.1, -0.05) is 13.0 Å². The Morgan fingerprint density at radius 1 is 1.22 bits per heavy atom. The van der Waals surface area contributed by atoms with E-state index in [0.29, 0.717) is 19.0 Å². The van der Waals surface area contributed by atoms with Gasteiger partial charge in [-0.3, -0.25) is 9.79 Å². The van der Waals surface area contributed by atoms with Crippen LogP contribution < -0.4 is 25.4 Å². The number of benzene rings is 1. The van der Waals surface area contributed by atoms with Gasteiger partial charge in [-0.2, -0.15) is 0 Å². The highest BCUT2D eigenvalue weighted by atomic mass is 127. The summed E-state index contributed by atoms with van der Waals surface area (Å²) in [4.78, 5) is 15.6. The van der Waals surface area contributed by atoms with Crippen LogP contribution in [0.5, 0.6) is 11.5 Å². The lowest BCUT2D eigenvalue weighted by molar-refractivity contribution is -0.120. The fourth-order valence-electron chi connectivity index (χ4n) is 1.95. The van der Waals surface area contributed by atoms with Crippen molar-refractivity contribution in [2.45, 2.75) is 19.9 Å². The van der Waals surface area contributed by atoms with Gasteiger partial charge in [-0.05, 0) is 24.1 Å². The highest BCUT2D eigenvalue weighted by Crippen LogP contribution is 2.32. The molecule has 128 valence electrons. The Kier molecular flexibility index (Phi) is 8.52. The van der Waals surface area contributed by atoms with E-state index >= 15 is 0 Å². The van der Waals surface area contributed by atoms with Crippen LogP contribution in [0, 0.1) is 0 Å². The van der Waals surface area contributed by atoms with Gasteiger partial charge in [0, 0.05) is 20.1 Å². The molecule has 0 radical (unpaired) electrons. The number of aliphatic imine (C=N–C) groups is 1. The number of carbonyl (C=O) groups is 1. The Balaban J connectivity index is 0.00000264. The molecule has 0 saturated carbocycles. The van der Waals surface area contributed by atoms with Crippen molar-refractivity contribution in [2.75, 3.05) is 26.9 Å². The average molecular weight is 434 g/mol. The third-order valence-corrected chi connectivity index (χ3v) is 3.11. The van der Waals surface area contributed by atoms with Crippen molar-refractivity contribution in [3.8, 4) is 11.5 Å². The van der Waals surface area contributed by atoms with Crippen LogP contribution in [0.15, 0.2) is 23.2 Å². The third-order valence-electron chi connectivity index (χ3n) is 3.11. The minimum absolute atomic E-state index is 0. The summed E-state index contributed by atoms with van der Waals surface area (Å²) in [5.41, 5.74) is 1.04. The molecule has 1 amide bonds. The first-order valence-corrected chi connectivity index (χ1v) is 7.32. The highest BCUT2D eigenvalue weighted by molar-refractivity contribution is 14.0. The van der Waals surface area contributed by atoms with E-state index in [4.69, 9.17) is 9.47 Å². The summed E-state index contributed by atoms with van der Waals surface area (Å²) in [6.45, 7) is 3.74. The lowest BCUT2D eigenvalue weighted by Crippen LogP contribution is -2.43. The van der Waals surface area contributed by atoms with E-state index in [0.717, 1.165) is 23.5 Å². The van der Waals surface area contributed by atoms with Crippen molar-refractivity contribution in [1.82, 2.24) is 16.0 Å². The lowest BCUT2D eigenvalue weighted by Gasteiger charge is -2.12. The van der Waals surface area contributed by atoms with Gasteiger partial charge in [0.15, 0.2) is 17.5 Å². The molecule has 3 N–H and O–H groups in total. The average Bonchev–Trinajstić information content (AvgIpc) is 3.00. The number of halogens is 1. The molecule has 0 fully saturated rings. The fraction of sp³-hybridized carbons (Fsp3) is 0.467. The number of fused-ring (bicyclic) bond motifs is 1. The van der Waals surface area contributed by atoms with E-state index in [1.54, 1.807) is 7.05 Å².